The third kappa shape index (κ3) is 13.1. The summed E-state index contributed by atoms with van der Waals surface area (Å²) in [5, 5.41) is 17.0. The van der Waals surface area contributed by atoms with Gasteiger partial charge in [0.1, 0.15) is 0 Å². The summed E-state index contributed by atoms with van der Waals surface area (Å²) in [7, 11) is 3.14. The Bertz CT molecular complexity index is 1170. The molecule has 11 nitrogen and oxygen atoms in total. The van der Waals surface area contributed by atoms with Gasteiger partial charge >= 0.3 is 0 Å². The standard InChI is InChI=1S/C35H54N3O8/c1-23-18-26(4)33(40)31(44-6)21-24(2)20-28-32(37-13-9-15-46-17-16-45-14-8-12-36)30(39)22-29(34(28)41)38-35(42)25(3)10-7-11-27(19-23)43-5/h7,10-11,18-19,22,24,26-27,31,33,37,40H,8-9,12-17,20-21,36H2,1-6H3,(H,38,42)/b11-7+,23-18+,25-10-/t24-,26+,27-,31+,33-/m0/s1. The summed E-state index contributed by atoms with van der Waals surface area (Å²) < 4.78 is 22.3. The van der Waals surface area contributed by atoms with E-state index < -0.39 is 29.7 Å². The molecule has 0 aromatic heterocycles. The number of amides is 1. The minimum atomic E-state index is -0.809. The molecule has 2 aliphatic rings. The van der Waals surface area contributed by atoms with Crippen LogP contribution in [0.3, 0.4) is 0 Å². The SMILES string of the molecule is CO[C@@H]1[CH]/C(C)=C/[C@@H](C)[C@H](O)[C@H](OC)C[C@@H](C)CC2=C(NCCCOCCOCCCN)C(=O)C=C(NC(=O)/C(C)=C\C=C\1)C2=O. The Labute approximate surface area is 274 Å². The van der Waals surface area contributed by atoms with Gasteiger partial charge in [0, 0.05) is 63.5 Å². The molecule has 0 unspecified atom stereocenters. The molecule has 2 rings (SSSR count). The quantitative estimate of drug-likeness (QED) is 0.174. The topological polar surface area (TPSA) is 158 Å². The Morgan fingerprint density at radius 3 is 2.37 bits per heavy atom. The van der Waals surface area contributed by atoms with Crippen molar-refractivity contribution >= 4 is 17.5 Å². The predicted molar refractivity (Wildman–Crippen MR) is 177 cm³/mol. The van der Waals surface area contributed by atoms with Gasteiger partial charge < -0.3 is 40.4 Å². The maximum Gasteiger partial charge on any atom is 0.251 e. The van der Waals surface area contributed by atoms with Crippen LogP contribution in [-0.2, 0) is 33.3 Å². The lowest BCUT2D eigenvalue weighted by atomic mass is 9.85. The highest BCUT2D eigenvalue weighted by Gasteiger charge is 2.32. The molecule has 0 aromatic rings. The fourth-order valence-electron chi connectivity index (χ4n) is 5.25. The molecule has 46 heavy (non-hydrogen) atoms. The number of allylic oxidation sites excluding steroid dienone is 4. The second kappa shape index (κ2) is 21.0. The van der Waals surface area contributed by atoms with Gasteiger partial charge in [-0.15, -0.1) is 0 Å². The number of ether oxygens (including phenoxy) is 4. The van der Waals surface area contributed by atoms with Crippen LogP contribution in [0.15, 0.2) is 58.5 Å². The molecule has 5 N–H and O–H groups in total. The van der Waals surface area contributed by atoms with Crippen LogP contribution in [0.4, 0.5) is 0 Å². The van der Waals surface area contributed by atoms with Crippen molar-refractivity contribution in [2.75, 3.05) is 53.7 Å². The first kappa shape index (κ1) is 39.2. The molecular formula is C35H54N3O8. The van der Waals surface area contributed by atoms with E-state index in [1.165, 1.54) is 6.08 Å². The number of nitrogens with two attached hydrogens (primary N) is 1. The van der Waals surface area contributed by atoms with Crippen LogP contribution in [0.25, 0.3) is 0 Å². The molecule has 1 heterocycles. The van der Waals surface area contributed by atoms with Crippen molar-refractivity contribution in [2.24, 2.45) is 17.6 Å². The van der Waals surface area contributed by atoms with Gasteiger partial charge in [0.2, 0.25) is 11.6 Å². The van der Waals surface area contributed by atoms with Crippen molar-refractivity contribution < 1.29 is 38.4 Å². The van der Waals surface area contributed by atoms with E-state index in [9.17, 15) is 19.5 Å². The Balaban J connectivity index is 2.30. The first-order valence-electron chi connectivity index (χ1n) is 16.1. The average Bonchev–Trinajstić information content (AvgIpc) is 3.02. The van der Waals surface area contributed by atoms with Gasteiger partial charge in [0.25, 0.3) is 5.91 Å². The smallest absolute Gasteiger partial charge is 0.251 e. The zero-order valence-electron chi connectivity index (χ0n) is 28.3. The van der Waals surface area contributed by atoms with E-state index >= 15 is 0 Å². The Hall–Kier alpha value is -2.93. The van der Waals surface area contributed by atoms with Crippen molar-refractivity contribution in [3.63, 3.8) is 0 Å². The molecule has 1 amide bonds. The van der Waals surface area contributed by atoms with Crippen molar-refractivity contribution in [1.82, 2.24) is 10.6 Å². The van der Waals surface area contributed by atoms with Crippen LogP contribution in [0, 0.1) is 18.3 Å². The van der Waals surface area contributed by atoms with Gasteiger partial charge in [-0.2, -0.15) is 0 Å². The highest BCUT2D eigenvalue weighted by molar-refractivity contribution is 6.23. The Kier molecular flexibility index (Phi) is 18.0. The lowest BCUT2D eigenvalue weighted by molar-refractivity contribution is -0.120. The molecule has 0 saturated heterocycles. The summed E-state index contributed by atoms with van der Waals surface area (Å²) in [6.45, 7) is 10.4. The maximum atomic E-state index is 13.8. The number of aliphatic hydroxyl groups is 1. The lowest BCUT2D eigenvalue weighted by Crippen LogP contribution is -2.37. The van der Waals surface area contributed by atoms with Crippen molar-refractivity contribution in [2.45, 2.75) is 71.7 Å². The van der Waals surface area contributed by atoms with E-state index in [4.69, 9.17) is 24.7 Å². The van der Waals surface area contributed by atoms with Crippen LogP contribution in [0.1, 0.15) is 53.4 Å². The molecule has 0 aromatic carbocycles. The summed E-state index contributed by atoms with van der Waals surface area (Å²) in [5.74, 6) is -1.69. The first-order chi connectivity index (χ1) is 22.0. The number of methoxy groups -OCH3 is 2. The van der Waals surface area contributed by atoms with E-state index in [1.807, 2.05) is 33.3 Å². The van der Waals surface area contributed by atoms with E-state index in [0.29, 0.717) is 57.9 Å². The van der Waals surface area contributed by atoms with Crippen molar-refractivity contribution in [1.29, 1.82) is 0 Å². The van der Waals surface area contributed by atoms with E-state index in [-0.39, 0.29) is 41.3 Å². The zero-order chi connectivity index (χ0) is 34.1. The average molecular weight is 645 g/mol. The summed E-state index contributed by atoms with van der Waals surface area (Å²) in [5.41, 5.74) is 7.16. The van der Waals surface area contributed by atoms with Gasteiger partial charge in [0.05, 0.1) is 42.9 Å². The number of nitrogens with one attached hydrogen (secondary N) is 2. The van der Waals surface area contributed by atoms with Crippen molar-refractivity contribution in [3.05, 3.63) is 64.9 Å². The minimum absolute atomic E-state index is 0.0739. The summed E-state index contributed by atoms with van der Waals surface area (Å²) >= 11 is 0. The second-order valence-electron chi connectivity index (χ2n) is 11.9. The second-order valence-corrected chi connectivity index (χ2v) is 11.9. The first-order valence-corrected chi connectivity index (χ1v) is 16.1. The summed E-state index contributed by atoms with van der Waals surface area (Å²) in [4.78, 5) is 40.1. The number of hydrogen-bond donors (Lipinski definition) is 4. The van der Waals surface area contributed by atoms with E-state index in [1.54, 1.807) is 39.4 Å². The molecule has 1 aliphatic carbocycles. The summed E-state index contributed by atoms with van der Waals surface area (Å²) in [6, 6.07) is 0. The van der Waals surface area contributed by atoms with E-state index in [0.717, 1.165) is 12.0 Å². The number of ketones is 2. The zero-order valence-corrected chi connectivity index (χ0v) is 28.3. The number of carbonyl (C=O) groups excluding carboxylic acids is 3. The normalized spacial score (nSPS) is 28.6. The van der Waals surface area contributed by atoms with Gasteiger partial charge in [-0.1, -0.05) is 43.7 Å². The highest BCUT2D eigenvalue weighted by atomic mass is 16.5. The molecule has 0 saturated carbocycles. The molecule has 1 aliphatic heterocycles. The number of fused-ring (bicyclic) bond motifs is 2. The molecule has 257 valence electrons. The third-order valence-corrected chi connectivity index (χ3v) is 7.86. The molecule has 1 radical (unpaired) electrons. The van der Waals surface area contributed by atoms with Gasteiger partial charge in [-0.3, -0.25) is 14.4 Å². The predicted octanol–water partition coefficient (Wildman–Crippen LogP) is 2.86. The lowest BCUT2D eigenvalue weighted by Gasteiger charge is -2.29. The Morgan fingerprint density at radius 2 is 1.72 bits per heavy atom. The number of carbonyl (C=O) groups is 3. The van der Waals surface area contributed by atoms with Crippen LogP contribution in [0.5, 0.6) is 0 Å². The van der Waals surface area contributed by atoms with Crippen LogP contribution in [0.2, 0.25) is 0 Å². The number of hydrogen-bond acceptors (Lipinski definition) is 10. The molecule has 2 bridgehead atoms. The fraction of sp³-hybridized carbons (Fsp3) is 0.600. The minimum Gasteiger partial charge on any atom is -0.390 e. The summed E-state index contributed by atoms with van der Waals surface area (Å²) in [6.07, 6.45) is 10.6. The highest BCUT2D eigenvalue weighted by Crippen LogP contribution is 2.28. The van der Waals surface area contributed by atoms with E-state index in [2.05, 4.69) is 10.6 Å². The van der Waals surface area contributed by atoms with Crippen molar-refractivity contribution in [3.8, 4) is 0 Å². The van der Waals surface area contributed by atoms with Crippen LogP contribution >= 0.6 is 0 Å². The Morgan fingerprint density at radius 1 is 1.02 bits per heavy atom. The molecule has 5 atom stereocenters. The number of Topliss-reactive ketones (excluding diaryl/α,β-unsaturated/α-hetero) is 1. The third-order valence-electron chi connectivity index (χ3n) is 7.86. The van der Waals surface area contributed by atoms with Gasteiger partial charge in [-0.25, -0.2) is 0 Å². The largest absolute Gasteiger partial charge is 0.390 e. The monoisotopic (exact) mass is 644 g/mol. The van der Waals surface area contributed by atoms with Crippen LogP contribution < -0.4 is 16.4 Å². The fourth-order valence-corrected chi connectivity index (χ4v) is 5.25. The molecule has 11 heteroatoms. The maximum absolute atomic E-state index is 13.8. The molecule has 0 fully saturated rings. The van der Waals surface area contributed by atoms with Crippen LogP contribution in [-0.4, -0.2) is 94.6 Å². The van der Waals surface area contributed by atoms with Gasteiger partial charge in [0.15, 0.2) is 0 Å². The number of rotatable bonds is 13. The molecular weight excluding hydrogens is 590 g/mol. The number of aliphatic hydroxyl groups excluding tert-OH is 1. The molecule has 0 spiro atoms. The van der Waals surface area contributed by atoms with Gasteiger partial charge in [-0.05, 0) is 52.0 Å².